The molecule has 10 heteroatoms. The summed E-state index contributed by atoms with van der Waals surface area (Å²) in [5.41, 5.74) is -0.308. The van der Waals surface area contributed by atoms with Crippen molar-refractivity contribution in [3.8, 4) is 0 Å². The van der Waals surface area contributed by atoms with Gasteiger partial charge in [-0.3, -0.25) is 14.4 Å². The smallest absolute Gasteiger partial charge is 0.263 e. The largest absolute Gasteiger partial charge is 0.287 e. The Morgan fingerprint density at radius 1 is 1.31 bits per heavy atom. The zero-order valence-electron chi connectivity index (χ0n) is 15.8. The average molecular weight is 436 g/mol. The minimum Gasteiger partial charge on any atom is -0.287 e. The molecule has 1 aromatic carbocycles. The third-order valence-electron chi connectivity index (χ3n) is 4.99. The van der Waals surface area contributed by atoms with Gasteiger partial charge in [-0.2, -0.15) is 5.10 Å². The van der Waals surface area contributed by atoms with E-state index in [0.717, 1.165) is 0 Å². The molecule has 150 valence electrons. The van der Waals surface area contributed by atoms with Gasteiger partial charge in [-0.15, -0.1) is 0 Å². The fourth-order valence-corrected chi connectivity index (χ4v) is 4.11. The minimum atomic E-state index is -1.10. The highest BCUT2D eigenvalue weighted by Crippen LogP contribution is 2.42. The van der Waals surface area contributed by atoms with Gasteiger partial charge in [0.25, 0.3) is 5.91 Å². The molecule has 1 atom stereocenters. The zero-order valence-corrected chi connectivity index (χ0v) is 17.4. The minimum absolute atomic E-state index is 0.0445. The molecule has 2 aromatic heterocycles. The Hall–Kier alpha value is -2.52. The van der Waals surface area contributed by atoms with Gasteiger partial charge in [-0.1, -0.05) is 35.5 Å². The number of aromatic nitrogens is 4. The molecular formula is C19H16ClF2N5OS. The predicted octanol–water partition coefficient (Wildman–Crippen LogP) is 3.83. The molecule has 1 unspecified atom stereocenters. The van der Waals surface area contributed by atoms with Crippen LogP contribution in [-0.2, 0) is 12.5 Å². The van der Waals surface area contributed by atoms with E-state index in [1.165, 1.54) is 39.8 Å². The summed E-state index contributed by atoms with van der Waals surface area (Å²) >= 11 is 7.33. The SMILES string of the molecule is CSc1ncc2c(n1)C(C)(c1cccc(Cl)c1F)CN(c1nn(C)cc1F)C2=O. The molecule has 0 N–H and O–H groups in total. The number of amides is 1. The van der Waals surface area contributed by atoms with Crippen LogP contribution in [0, 0.1) is 11.6 Å². The summed E-state index contributed by atoms with van der Waals surface area (Å²) in [6.07, 6.45) is 4.37. The van der Waals surface area contributed by atoms with Gasteiger partial charge < -0.3 is 0 Å². The van der Waals surface area contributed by atoms with Crippen LogP contribution in [0.3, 0.4) is 0 Å². The monoisotopic (exact) mass is 435 g/mol. The third kappa shape index (κ3) is 3.08. The van der Waals surface area contributed by atoms with E-state index in [9.17, 15) is 9.18 Å². The maximum absolute atomic E-state index is 15.0. The van der Waals surface area contributed by atoms with Crippen LogP contribution in [0.4, 0.5) is 14.6 Å². The predicted molar refractivity (Wildman–Crippen MR) is 107 cm³/mol. The van der Waals surface area contributed by atoms with Crippen LogP contribution in [0.25, 0.3) is 0 Å². The first-order chi connectivity index (χ1) is 13.8. The maximum Gasteiger partial charge on any atom is 0.263 e. The van der Waals surface area contributed by atoms with Crippen LogP contribution in [-0.4, -0.2) is 38.5 Å². The summed E-state index contributed by atoms with van der Waals surface area (Å²) in [5.74, 6) is -1.89. The Balaban J connectivity index is 1.98. The molecule has 0 spiro atoms. The zero-order chi connectivity index (χ0) is 20.9. The molecule has 0 aliphatic carbocycles. The van der Waals surface area contributed by atoms with Crippen LogP contribution in [0.15, 0.2) is 35.7 Å². The van der Waals surface area contributed by atoms with Crippen LogP contribution in [0.1, 0.15) is 28.5 Å². The highest BCUT2D eigenvalue weighted by molar-refractivity contribution is 7.98. The summed E-state index contributed by atoms with van der Waals surface area (Å²) in [5, 5.41) is 4.47. The molecule has 3 heterocycles. The number of hydrogen-bond acceptors (Lipinski definition) is 5. The van der Waals surface area contributed by atoms with Gasteiger partial charge in [0, 0.05) is 25.4 Å². The number of nitrogens with zero attached hydrogens (tertiary/aromatic N) is 5. The van der Waals surface area contributed by atoms with Gasteiger partial charge in [-0.25, -0.2) is 18.7 Å². The van der Waals surface area contributed by atoms with Gasteiger partial charge in [0.2, 0.25) is 0 Å². The summed E-state index contributed by atoms with van der Waals surface area (Å²) in [7, 11) is 1.55. The Morgan fingerprint density at radius 2 is 2.07 bits per heavy atom. The van der Waals surface area contributed by atoms with E-state index < -0.39 is 23.0 Å². The number of rotatable bonds is 3. The average Bonchev–Trinajstić information content (AvgIpc) is 3.04. The topological polar surface area (TPSA) is 63.9 Å². The van der Waals surface area contributed by atoms with Crippen molar-refractivity contribution in [2.24, 2.45) is 7.05 Å². The molecule has 1 aliphatic rings. The Morgan fingerprint density at radius 3 is 2.72 bits per heavy atom. The molecular weight excluding hydrogens is 420 g/mol. The second-order valence-electron chi connectivity index (χ2n) is 6.92. The number of aryl methyl sites for hydroxylation is 1. The quantitative estimate of drug-likeness (QED) is 0.462. The second-order valence-corrected chi connectivity index (χ2v) is 8.10. The van der Waals surface area contributed by atoms with Crippen molar-refractivity contribution in [3.63, 3.8) is 0 Å². The summed E-state index contributed by atoms with van der Waals surface area (Å²) in [4.78, 5) is 23.0. The lowest BCUT2D eigenvalue weighted by molar-refractivity contribution is 0.0966. The lowest BCUT2D eigenvalue weighted by atomic mass is 9.74. The van der Waals surface area contributed by atoms with Gasteiger partial charge in [0.1, 0.15) is 5.82 Å². The lowest BCUT2D eigenvalue weighted by Crippen LogP contribution is -2.50. The molecule has 4 rings (SSSR count). The number of benzene rings is 1. The van der Waals surface area contributed by atoms with E-state index in [1.807, 2.05) is 0 Å². The first-order valence-electron chi connectivity index (χ1n) is 8.63. The molecule has 0 fully saturated rings. The van der Waals surface area contributed by atoms with E-state index in [2.05, 4.69) is 15.1 Å². The second kappa shape index (κ2) is 7.07. The van der Waals surface area contributed by atoms with Gasteiger partial charge in [0.05, 0.1) is 27.9 Å². The molecule has 0 radical (unpaired) electrons. The van der Waals surface area contributed by atoms with Crippen molar-refractivity contribution in [2.75, 3.05) is 17.7 Å². The number of carbonyl (C=O) groups is 1. The molecule has 0 saturated carbocycles. The Bertz CT molecular complexity index is 1140. The van der Waals surface area contributed by atoms with Gasteiger partial charge in [-0.05, 0) is 19.2 Å². The first kappa shape index (κ1) is 19.8. The number of thioether (sulfide) groups is 1. The molecule has 6 nitrogen and oxygen atoms in total. The van der Waals surface area contributed by atoms with E-state index in [4.69, 9.17) is 11.6 Å². The number of carbonyl (C=O) groups excluding carboxylic acids is 1. The molecule has 29 heavy (non-hydrogen) atoms. The van der Waals surface area contributed by atoms with Crippen molar-refractivity contribution in [2.45, 2.75) is 17.5 Å². The van der Waals surface area contributed by atoms with E-state index in [-0.39, 0.29) is 28.5 Å². The lowest BCUT2D eigenvalue weighted by Gasteiger charge is -2.40. The number of anilines is 1. The van der Waals surface area contributed by atoms with Crippen molar-refractivity contribution in [3.05, 3.63) is 64.1 Å². The molecule has 1 amide bonds. The van der Waals surface area contributed by atoms with E-state index in [0.29, 0.717) is 10.9 Å². The highest BCUT2D eigenvalue weighted by Gasteiger charge is 2.46. The van der Waals surface area contributed by atoms with Crippen molar-refractivity contribution >= 4 is 35.1 Å². The fourth-order valence-electron chi connectivity index (χ4n) is 3.59. The summed E-state index contributed by atoms with van der Waals surface area (Å²) in [6, 6.07) is 4.67. The molecule has 3 aromatic rings. The van der Waals surface area contributed by atoms with Crippen LogP contribution in [0.2, 0.25) is 5.02 Å². The normalized spacial score (nSPS) is 18.8. The Kier molecular flexibility index (Phi) is 4.82. The molecule has 0 saturated heterocycles. The van der Waals surface area contributed by atoms with Crippen LogP contribution in [0.5, 0.6) is 0 Å². The van der Waals surface area contributed by atoms with Crippen molar-refractivity contribution in [1.29, 1.82) is 0 Å². The van der Waals surface area contributed by atoms with Crippen molar-refractivity contribution in [1.82, 2.24) is 19.7 Å². The van der Waals surface area contributed by atoms with E-state index >= 15 is 4.39 Å². The van der Waals surface area contributed by atoms with E-state index in [1.54, 1.807) is 32.4 Å². The highest BCUT2D eigenvalue weighted by atomic mass is 35.5. The Labute approximate surface area is 174 Å². The van der Waals surface area contributed by atoms with Crippen LogP contribution < -0.4 is 4.90 Å². The standard InChI is InChI=1S/C19H16ClF2N5OS/c1-19(11-5-4-6-12(20)14(11)22)9-27(16-13(21)8-26(2)25-16)17(28)10-7-23-18(29-3)24-15(10)19/h4-8H,9H2,1-3H3. The molecule has 1 aliphatic heterocycles. The molecule has 0 bridgehead atoms. The summed E-state index contributed by atoms with van der Waals surface area (Å²) in [6.45, 7) is 1.69. The first-order valence-corrected chi connectivity index (χ1v) is 10.2. The number of halogens is 3. The van der Waals surface area contributed by atoms with Crippen molar-refractivity contribution < 1.29 is 13.6 Å². The fraction of sp³-hybridized carbons (Fsp3) is 0.263. The summed E-state index contributed by atoms with van der Waals surface area (Å²) < 4.78 is 30.8. The number of hydrogen-bond donors (Lipinski definition) is 0. The van der Waals surface area contributed by atoms with Crippen LogP contribution >= 0.6 is 23.4 Å². The van der Waals surface area contributed by atoms with Gasteiger partial charge >= 0.3 is 0 Å². The third-order valence-corrected chi connectivity index (χ3v) is 5.84. The van der Waals surface area contributed by atoms with Gasteiger partial charge in [0.15, 0.2) is 16.8 Å². The maximum atomic E-state index is 15.0. The number of fused-ring (bicyclic) bond motifs is 1.